The Labute approximate surface area is 188 Å². The number of hydrogen-bond acceptors (Lipinski definition) is 12. The maximum absolute atomic E-state index is 11.5. The number of hydrogen-bond donors (Lipinski definition) is 4. The van der Waals surface area contributed by atoms with Gasteiger partial charge in [0.15, 0.2) is 0 Å². The molecule has 16 nitrogen and oxygen atoms in total. The summed E-state index contributed by atoms with van der Waals surface area (Å²) in [6.07, 6.45) is -1.32. The summed E-state index contributed by atoms with van der Waals surface area (Å²) < 4.78 is 112. The Morgan fingerprint density at radius 2 is 1.42 bits per heavy atom. The van der Waals surface area contributed by atoms with E-state index in [-0.39, 0.29) is 43.1 Å². The van der Waals surface area contributed by atoms with Gasteiger partial charge in [0.1, 0.15) is 29.8 Å². The Bertz CT molecular complexity index is 1110. The van der Waals surface area contributed by atoms with Gasteiger partial charge in [0.05, 0.1) is 19.8 Å². The summed E-state index contributed by atoms with van der Waals surface area (Å²) in [6.45, 7) is -2.16. The van der Waals surface area contributed by atoms with Crippen LogP contribution in [0.15, 0.2) is 18.2 Å². The first-order valence-electron chi connectivity index (χ1n) is 8.58. The van der Waals surface area contributed by atoms with Gasteiger partial charge in [-0.25, -0.2) is 17.3 Å². The number of benzene rings is 1. The van der Waals surface area contributed by atoms with E-state index < -0.39 is 56.5 Å². The van der Waals surface area contributed by atoms with Gasteiger partial charge in [-0.15, -0.1) is 0 Å². The Balaban J connectivity index is 2.75. The molecule has 1 unspecified atom stereocenters. The summed E-state index contributed by atoms with van der Waals surface area (Å²) in [6, 6.07) is 3.41. The zero-order valence-corrected chi connectivity index (χ0v) is 18.9. The average Bonchev–Trinajstić information content (AvgIpc) is 2.64. The summed E-state index contributed by atoms with van der Waals surface area (Å²) in [4.78, 5) is 11.5. The van der Waals surface area contributed by atoms with Crippen LogP contribution in [0.5, 0.6) is 11.5 Å². The van der Waals surface area contributed by atoms with Crippen LogP contribution < -0.4 is 9.47 Å². The molecular weight excluding hydrogens is 520 g/mol. The Kier molecular flexibility index (Phi) is 10.9. The maximum Gasteiger partial charge on any atom is 0.397 e. The van der Waals surface area contributed by atoms with Crippen LogP contribution in [0.1, 0.15) is 23.2 Å². The van der Waals surface area contributed by atoms with Crippen molar-refractivity contribution < 1.29 is 70.8 Å². The molecule has 0 aromatic heterocycles. The average molecular weight is 540 g/mol. The van der Waals surface area contributed by atoms with Gasteiger partial charge in [-0.3, -0.25) is 13.7 Å². The Morgan fingerprint density at radius 3 is 1.97 bits per heavy atom. The smallest absolute Gasteiger partial charge is 0.397 e. The predicted molar refractivity (Wildman–Crippen MR) is 105 cm³/mol. The van der Waals surface area contributed by atoms with Gasteiger partial charge < -0.3 is 14.6 Å². The number of rotatable bonds is 16. The number of unbranched alkanes of at least 4 members (excludes halogenated alkanes) is 1. The standard InChI is InChI=1S/C14H20O16S3/c15-14(16)12-7-10(3-4-13(12)26-5-1-2-6-28-31(17,18)19)27-8-11(30-33(23,24)25)9-29-32(20,21)22/h3-4,7,11H,1-2,5-6,8-9H2,(H,15,16)(H,17,18,19)(H,20,21,22)(H,23,24,25). The largest absolute Gasteiger partial charge is 0.493 e. The van der Waals surface area contributed by atoms with Crippen molar-refractivity contribution in [1.82, 2.24) is 0 Å². The fourth-order valence-corrected chi connectivity index (χ4v) is 3.18. The van der Waals surface area contributed by atoms with Crippen LogP contribution in [0.4, 0.5) is 0 Å². The molecule has 0 aliphatic carbocycles. The highest BCUT2D eigenvalue weighted by Gasteiger charge is 2.22. The van der Waals surface area contributed by atoms with Crippen LogP contribution in [0.3, 0.4) is 0 Å². The SMILES string of the molecule is O=C(O)c1cc(OCC(COS(=O)(=O)O)OS(=O)(=O)O)ccc1OCCCCOS(=O)(=O)O. The van der Waals surface area contributed by atoms with E-state index in [9.17, 15) is 35.2 Å². The molecular formula is C14H20O16S3. The lowest BCUT2D eigenvalue weighted by Gasteiger charge is -2.16. The maximum atomic E-state index is 11.5. The first kappa shape index (κ1) is 28.9. The zero-order valence-electron chi connectivity index (χ0n) is 16.5. The molecule has 1 aromatic rings. The number of aromatic carboxylic acids is 1. The molecule has 1 rings (SSSR count). The molecule has 33 heavy (non-hydrogen) atoms. The molecule has 0 aliphatic rings. The summed E-state index contributed by atoms with van der Waals surface area (Å²) in [7, 11) is -14.6. The van der Waals surface area contributed by atoms with Gasteiger partial charge in [0.25, 0.3) is 0 Å². The molecule has 0 radical (unpaired) electrons. The normalized spacial score (nSPS) is 13.4. The lowest BCUT2D eigenvalue weighted by atomic mass is 10.2. The highest BCUT2D eigenvalue weighted by molar-refractivity contribution is 7.81. The van der Waals surface area contributed by atoms with E-state index in [0.29, 0.717) is 0 Å². The first-order valence-corrected chi connectivity index (χ1v) is 12.7. The van der Waals surface area contributed by atoms with Gasteiger partial charge in [0.2, 0.25) is 0 Å². The third-order valence-corrected chi connectivity index (χ3v) is 4.72. The van der Waals surface area contributed by atoms with E-state index in [1.807, 2.05) is 0 Å². The van der Waals surface area contributed by atoms with Crippen LogP contribution in [-0.2, 0) is 43.7 Å². The van der Waals surface area contributed by atoms with Crippen molar-refractivity contribution in [1.29, 1.82) is 0 Å². The number of ether oxygens (including phenoxy) is 2. The van der Waals surface area contributed by atoms with Gasteiger partial charge in [0, 0.05) is 0 Å². The summed E-state index contributed by atoms with van der Waals surface area (Å²) in [5.74, 6) is -1.66. The van der Waals surface area contributed by atoms with Crippen molar-refractivity contribution in [2.75, 3.05) is 26.4 Å². The third kappa shape index (κ3) is 13.9. The number of carbonyl (C=O) groups is 1. The minimum atomic E-state index is -5.06. The number of carboxylic acid groups (broad SMARTS) is 1. The molecule has 4 N–H and O–H groups in total. The van der Waals surface area contributed by atoms with E-state index in [0.717, 1.165) is 6.07 Å². The van der Waals surface area contributed by atoms with Crippen molar-refractivity contribution in [2.24, 2.45) is 0 Å². The van der Waals surface area contributed by atoms with Crippen molar-refractivity contribution in [3.8, 4) is 11.5 Å². The molecule has 0 heterocycles. The van der Waals surface area contributed by atoms with Crippen LogP contribution in [0.25, 0.3) is 0 Å². The number of carboxylic acids is 1. The van der Waals surface area contributed by atoms with E-state index in [1.54, 1.807) is 0 Å². The van der Waals surface area contributed by atoms with Gasteiger partial charge >= 0.3 is 37.2 Å². The first-order chi connectivity index (χ1) is 15.1. The molecule has 0 saturated heterocycles. The van der Waals surface area contributed by atoms with Crippen molar-refractivity contribution >= 4 is 37.2 Å². The quantitative estimate of drug-likeness (QED) is 0.156. The fourth-order valence-electron chi connectivity index (χ4n) is 2.07. The summed E-state index contributed by atoms with van der Waals surface area (Å²) >= 11 is 0. The highest BCUT2D eigenvalue weighted by atomic mass is 32.3. The zero-order chi connectivity index (χ0) is 25.3. The molecule has 0 fully saturated rings. The van der Waals surface area contributed by atoms with Gasteiger partial charge in [-0.05, 0) is 31.0 Å². The Hall–Kier alpha value is -2.10. The van der Waals surface area contributed by atoms with Crippen LogP contribution in [0.2, 0.25) is 0 Å². The summed E-state index contributed by atoms with van der Waals surface area (Å²) in [5, 5.41) is 9.32. The van der Waals surface area contributed by atoms with E-state index in [1.165, 1.54) is 12.1 Å². The molecule has 1 atom stereocenters. The van der Waals surface area contributed by atoms with Gasteiger partial charge in [-0.1, -0.05) is 0 Å². The van der Waals surface area contributed by atoms with Crippen molar-refractivity contribution in [3.63, 3.8) is 0 Å². The second kappa shape index (κ2) is 12.4. The molecule has 0 aliphatic heterocycles. The molecule has 0 saturated carbocycles. The molecule has 0 amide bonds. The monoisotopic (exact) mass is 540 g/mol. The van der Waals surface area contributed by atoms with E-state index >= 15 is 0 Å². The minimum absolute atomic E-state index is 0.0352. The Morgan fingerprint density at radius 1 is 0.818 bits per heavy atom. The topological polar surface area (TPSA) is 247 Å². The van der Waals surface area contributed by atoms with Crippen molar-refractivity contribution in [3.05, 3.63) is 23.8 Å². The van der Waals surface area contributed by atoms with E-state index in [4.69, 9.17) is 23.1 Å². The predicted octanol–water partition coefficient (Wildman–Crippen LogP) is -0.251. The molecule has 1 aromatic carbocycles. The van der Waals surface area contributed by atoms with Crippen LogP contribution in [-0.4, -0.2) is 82.5 Å². The molecule has 0 bridgehead atoms. The lowest BCUT2D eigenvalue weighted by molar-refractivity contribution is 0.0686. The van der Waals surface area contributed by atoms with Gasteiger partial charge in [-0.2, -0.15) is 25.3 Å². The minimum Gasteiger partial charge on any atom is -0.493 e. The van der Waals surface area contributed by atoms with Crippen LogP contribution >= 0.6 is 0 Å². The fraction of sp³-hybridized carbons (Fsp3) is 0.500. The second-order valence-electron chi connectivity index (χ2n) is 5.94. The molecule has 0 spiro atoms. The lowest BCUT2D eigenvalue weighted by Crippen LogP contribution is -2.30. The van der Waals surface area contributed by atoms with E-state index in [2.05, 4.69) is 12.5 Å². The second-order valence-corrected chi connectivity index (χ2v) is 9.17. The summed E-state index contributed by atoms with van der Waals surface area (Å²) in [5.41, 5.74) is -0.372. The molecule has 19 heteroatoms. The van der Waals surface area contributed by atoms with Crippen LogP contribution in [0, 0.1) is 0 Å². The molecule has 190 valence electrons. The highest BCUT2D eigenvalue weighted by Crippen LogP contribution is 2.25. The third-order valence-electron chi connectivity index (χ3n) is 3.31. The van der Waals surface area contributed by atoms with Crippen molar-refractivity contribution in [2.45, 2.75) is 18.9 Å².